The molecule has 0 atom stereocenters. The average Bonchev–Trinajstić information content (AvgIpc) is 2.40. The number of hydrogen-bond acceptors (Lipinski definition) is 3. The zero-order chi connectivity index (χ0) is 11.5. The Labute approximate surface area is 99.1 Å². The lowest BCUT2D eigenvalue weighted by atomic mass is 10.2. The summed E-state index contributed by atoms with van der Waals surface area (Å²) in [7, 11) is 0. The molecule has 1 N–H and O–H groups in total. The van der Waals surface area contributed by atoms with E-state index in [4.69, 9.17) is 0 Å². The van der Waals surface area contributed by atoms with Crippen LogP contribution < -0.4 is 5.32 Å². The van der Waals surface area contributed by atoms with E-state index in [9.17, 15) is 0 Å². The topological polar surface area (TPSA) is 37.8 Å². The highest BCUT2D eigenvalue weighted by Crippen LogP contribution is 2.22. The molecule has 82 valence electrons. The summed E-state index contributed by atoms with van der Waals surface area (Å²) in [5.41, 5.74) is 1.01. The van der Waals surface area contributed by atoms with Gasteiger partial charge in [0.25, 0.3) is 0 Å². The molecule has 3 nitrogen and oxygen atoms in total. The fraction of sp³-hybridized carbons (Fsp3) is 0. The molecule has 0 unspecified atom stereocenters. The van der Waals surface area contributed by atoms with Gasteiger partial charge in [0.15, 0.2) is 5.82 Å². The Morgan fingerprint density at radius 1 is 0.824 bits per heavy atom. The van der Waals surface area contributed by atoms with E-state index >= 15 is 0 Å². The van der Waals surface area contributed by atoms with Crippen molar-refractivity contribution >= 4 is 22.3 Å². The van der Waals surface area contributed by atoms with Gasteiger partial charge >= 0.3 is 0 Å². The number of hydrogen-bond donors (Lipinski definition) is 1. The predicted octanol–water partition coefficient (Wildman–Crippen LogP) is 3.37. The largest absolute Gasteiger partial charge is 0.338 e. The molecule has 0 aliphatic heterocycles. The van der Waals surface area contributed by atoms with E-state index in [1.807, 2.05) is 54.6 Å². The highest BCUT2D eigenvalue weighted by atomic mass is 15.2. The number of fused-ring (bicyclic) bond motifs is 1. The van der Waals surface area contributed by atoms with Crippen molar-refractivity contribution in [2.45, 2.75) is 0 Å². The molecule has 1 heterocycles. The fourth-order valence-corrected chi connectivity index (χ4v) is 1.78. The van der Waals surface area contributed by atoms with Crippen molar-refractivity contribution in [3.05, 3.63) is 60.8 Å². The highest BCUT2D eigenvalue weighted by Gasteiger charge is 2.02. The van der Waals surface area contributed by atoms with Crippen LogP contribution in [0.5, 0.6) is 0 Å². The average molecular weight is 221 g/mol. The van der Waals surface area contributed by atoms with Crippen LogP contribution in [0.1, 0.15) is 0 Å². The molecule has 0 saturated carbocycles. The van der Waals surface area contributed by atoms with Crippen LogP contribution in [0, 0.1) is 0 Å². The summed E-state index contributed by atoms with van der Waals surface area (Å²) in [5, 5.41) is 13.6. The summed E-state index contributed by atoms with van der Waals surface area (Å²) in [5.74, 6) is 0.786. The first-order valence-electron chi connectivity index (χ1n) is 5.46. The molecule has 0 bridgehead atoms. The molecule has 3 aromatic rings. The number of para-hydroxylation sites is 1. The number of nitrogens with zero attached hydrogens (tertiary/aromatic N) is 2. The van der Waals surface area contributed by atoms with Crippen LogP contribution in [0.3, 0.4) is 0 Å². The van der Waals surface area contributed by atoms with Crippen molar-refractivity contribution in [1.29, 1.82) is 0 Å². The van der Waals surface area contributed by atoms with Crippen molar-refractivity contribution in [3.63, 3.8) is 0 Å². The summed E-state index contributed by atoms with van der Waals surface area (Å²) in [4.78, 5) is 0. The smallest absolute Gasteiger partial charge is 0.160 e. The second-order valence-corrected chi connectivity index (χ2v) is 3.77. The van der Waals surface area contributed by atoms with Gasteiger partial charge in [0.1, 0.15) is 0 Å². The minimum atomic E-state index is 0.786. The molecule has 3 rings (SSSR count). The lowest BCUT2D eigenvalue weighted by Crippen LogP contribution is -1.96. The maximum Gasteiger partial charge on any atom is 0.160 e. The van der Waals surface area contributed by atoms with E-state index in [0.717, 1.165) is 22.3 Å². The summed E-state index contributed by atoms with van der Waals surface area (Å²) in [6.07, 6.45) is 1.77. The fourth-order valence-electron chi connectivity index (χ4n) is 1.78. The third kappa shape index (κ3) is 1.95. The van der Waals surface area contributed by atoms with Gasteiger partial charge in [0.05, 0.1) is 6.20 Å². The van der Waals surface area contributed by atoms with Gasteiger partial charge in [-0.25, -0.2) is 0 Å². The van der Waals surface area contributed by atoms with Gasteiger partial charge in [0, 0.05) is 16.5 Å². The maximum absolute atomic E-state index is 4.14. The first-order chi connectivity index (χ1) is 8.43. The van der Waals surface area contributed by atoms with Gasteiger partial charge in [-0.3, -0.25) is 0 Å². The van der Waals surface area contributed by atoms with Crippen LogP contribution in [-0.4, -0.2) is 10.2 Å². The summed E-state index contributed by atoms with van der Waals surface area (Å²) < 4.78 is 0. The molecule has 0 radical (unpaired) electrons. The van der Waals surface area contributed by atoms with Crippen LogP contribution in [0.2, 0.25) is 0 Å². The molecular weight excluding hydrogens is 210 g/mol. The SMILES string of the molecule is c1ccc(Nc2nncc3ccccc23)cc1. The molecule has 0 aliphatic carbocycles. The van der Waals surface area contributed by atoms with Crippen molar-refractivity contribution < 1.29 is 0 Å². The predicted molar refractivity (Wildman–Crippen MR) is 69.3 cm³/mol. The van der Waals surface area contributed by atoms with Gasteiger partial charge in [-0.1, -0.05) is 42.5 Å². The molecule has 17 heavy (non-hydrogen) atoms. The molecule has 0 fully saturated rings. The second-order valence-electron chi connectivity index (χ2n) is 3.77. The number of nitrogens with one attached hydrogen (secondary N) is 1. The lowest BCUT2D eigenvalue weighted by molar-refractivity contribution is 1.05. The van der Waals surface area contributed by atoms with E-state index in [0.29, 0.717) is 0 Å². The van der Waals surface area contributed by atoms with Crippen LogP contribution in [0.25, 0.3) is 10.8 Å². The Hall–Kier alpha value is -2.42. The van der Waals surface area contributed by atoms with Crippen molar-refractivity contribution in [2.75, 3.05) is 5.32 Å². The van der Waals surface area contributed by atoms with Gasteiger partial charge in [-0.05, 0) is 12.1 Å². The normalized spacial score (nSPS) is 10.4. The van der Waals surface area contributed by atoms with Gasteiger partial charge in [-0.15, -0.1) is 5.10 Å². The van der Waals surface area contributed by atoms with Crippen LogP contribution >= 0.6 is 0 Å². The standard InChI is InChI=1S/C14H11N3/c1-2-7-12(8-3-1)16-14-13-9-5-4-6-11(13)10-15-17-14/h1-10H,(H,16,17). The second kappa shape index (κ2) is 4.22. The number of benzene rings is 2. The van der Waals surface area contributed by atoms with E-state index < -0.39 is 0 Å². The van der Waals surface area contributed by atoms with E-state index in [1.54, 1.807) is 6.20 Å². The number of rotatable bonds is 2. The molecular formula is C14H11N3. The minimum Gasteiger partial charge on any atom is -0.338 e. The summed E-state index contributed by atoms with van der Waals surface area (Å²) in [6.45, 7) is 0. The van der Waals surface area contributed by atoms with Crippen molar-refractivity contribution in [1.82, 2.24) is 10.2 Å². The molecule has 2 aromatic carbocycles. The molecule has 0 aliphatic rings. The highest BCUT2D eigenvalue weighted by molar-refractivity contribution is 5.92. The zero-order valence-corrected chi connectivity index (χ0v) is 9.17. The van der Waals surface area contributed by atoms with Gasteiger partial charge in [-0.2, -0.15) is 5.10 Å². The molecule has 1 aromatic heterocycles. The summed E-state index contributed by atoms with van der Waals surface area (Å²) in [6, 6.07) is 18.0. The van der Waals surface area contributed by atoms with Crippen molar-refractivity contribution in [2.24, 2.45) is 0 Å². The number of aromatic nitrogens is 2. The monoisotopic (exact) mass is 221 g/mol. The van der Waals surface area contributed by atoms with Crippen LogP contribution in [0.15, 0.2) is 60.8 Å². The van der Waals surface area contributed by atoms with E-state index in [-0.39, 0.29) is 0 Å². The Morgan fingerprint density at radius 3 is 2.47 bits per heavy atom. The maximum atomic E-state index is 4.14. The zero-order valence-electron chi connectivity index (χ0n) is 9.17. The quantitative estimate of drug-likeness (QED) is 0.721. The Kier molecular flexibility index (Phi) is 2.43. The third-order valence-electron chi connectivity index (χ3n) is 2.61. The Balaban J connectivity index is 2.06. The molecule has 3 heteroatoms. The van der Waals surface area contributed by atoms with Gasteiger partial charge < -0.3 is 5.32 Å². The first-order valence-corrected chi connectivity index (χ1v) is 5.46. The minimum absolute atomic E-state index is 0.786. The molecule has 0 saturated heterocycles. The summed E-state index contributed by atoms with van der Waals surface area (Å²) >= 11 is 0. The molecule has 0 spiro atoms. The van der Waals surface area contributed by atoms with E-state index in [1.165, 1.54) is 0 Å². The lowest BCUT2D eigenvalue weighted by Gasteiger charge is -2.07. The first kappa shape index (κ1) is 9.78. The van der Waals surface area contributed by atoms with Crippen LogP contribution in [-0.2, 0) is 0 Å². The molecule has 0 amide bonds. The Morgan fingerprint density at radius 2 is 1.59 bits per heavy atom. The number of anilines is 2. The van der Waals surface area contributed by atoms with Crippen molar-refractivity contribution in [3.8, 4) is 0 Å². The van der Waals surface area contributed by atoms with E-state index in [2.05, 4.69) is 15.5 Å². The van der Waals surface area contributed by atoms with Crippen LogP contribution in [0.4, 0.5) is 11.5 Å². The van der Waals surface area contributed by atoms with Gasteiger partial charge in [0.2, 0.25) is 0 Å². The Bertz CT molecular complexity index is 630. The third-order valence-corrected chi connectivity index (χ3v) is 2.61.